The predicted molar refractivity (Wildman–Crippen MR) is 180 cm³/mol. The molecule has 0 N–H and O–H groups in total. The molecule has 1 fully saturated rings. The molecule has 1 aliphatic heterocycles. The number of carbonyl (C=O) groups excluding carboxylic acids is 4. The molecule has 0 saturated carbocycles. The summed E-state index contributed by atoms with van der Waals surface area (Å²) in [5.41, 5.74) is 0.708. The highest BCUT2D eigenvalue weighted by atomic mass is 28.4. The van der Waals surface area contributed by atoms with Crippen molar-refractivity contribution in [1.82, 2.24) is 0 Å². The first kappa shape index (κ1) is 37.4. The van der Waals surface area contributed by atoms with Crippen molar-refractivity contribution in [2.45, 2.75) is 110 Å². The molecule has 0 aliphatic carbocycles. The van der Waals surface area contributed by atoms with Crippen LogP contribution in [0.2, 0.25) is 16.6 Å². The normalized spacial score (nSPS) is 21.1. The van der Waals surface area contributed by atoms with E-state index in [-0.39, 0.29) is 11.1 Å². The highest BCUT2D eigenvalue weighted by molar-refractivity contribution is 6.78. The number of carbonyl (C=O) groups is 4. The summed E-state index contributed by atoms with van der Waals surface area (Å²) in [6.45, 7) is 16.4. The summed E-state index contributed by atoms with van der Waals surface area (Å²) in [4.78, 5) is 62.3. The van der Waals surface area contributed by atoms with E-state index in [2.05, 4.69) is 41.5 Å². The van der Waals surface area contributed by atoms with Crippen molar-refractivity contribution >= 4 is 53.9 Å². The van der Waals surface area contributed by atoms with Crippen LogP contribution in [-0.2, 0) is 42.9 Å². The van der Waals surface area contributed by atoms with Gasteiger partial charge in [-0.1, -0.05) is 41.5 Å². The first-order chi connectivity index (χ1) is 23.0. The predicted octanol–water partition coefficient (Wildman–Crippen LogP) is 5.57. The van der Waals surface area contributed by atoms with Crippen molar-refractivity contribution in [3.05, 3.63) is 46.8 Å². The van der Waals surface area contributed by atoms with Gasteiger partial charge in [0.15, 0.2) is 18.3 Å². The summed E-state index contributed by atoms with van der Waals surface area (Å²) < 4.78 is 45.6. The highest BCUT2D eigenvalue weighted by Gasteiger charge is 2.56. The Morgan fingerprint density at radius 3 is 1.78 bits per heavy atom. The fourth-order valence-electron chi connectivity index (χ4n) is 6.89. The number of hydrogen-bond donors (Lipinski definition) is 0. The van der Waals surface area contributed by atoms with Crippen LogP contribution in [0.4, 0.5) is 0 Å². The molecule has 14 heteroatoms. The van der Waals surface area contributed by atoms with Gasteiger partial charge in [0.25, 0.3) is 8.32 Å². The number of esters is 4. The molecule has 4 rings (SSSR count). The Labute approximate surface area is 285 Å². The first-order valence-corrected chi connectivity index (χ1v) is 18.2. The Hall–Kier alpha value is -4.43. The van der Waals surface area contributed by atoms with Gasteiger partial charge in [-0.15, -0.1) is 0 Å². The van der Waals surface area contributed by atoms with Gasteiger partial charge in [-0.25, -0.2) is 9.59 Å². The second-order valence-corrected chi connectivity index (χ2v) is 18.3. The lowest BCUT2D eigenvalue weighted by Crippen LogP contribution is -2.64. The van der Waals surface area contributed by atoms with Crippen LogP contribution in [0.15, 0.2) is 45.6 Å². The minimum atomic E-state index is -2.30. The van der Waals surface area contributed by atoms with E-state index in [1.807, 2.05) is 12.1 Å². The molecule has 2 aromatic carbocycles. The molecule has 2 heterocycles. The Morgan fingerprint density at radius 2 is 1.22 bits per heavy atom. The van der Waals surface area contributed by atoms with E-state index in [0.29, 0.717) is 38.7 Å². The molecule has 13 nitrogen and oxygen atoms in total. The largest absolute Gasteiger partial charge is 0.543 e. The molecule has 49 heavy (non-hydrogen) atoms. The zero-order chi connectivity index (χ0) is 36.4. The standard InChI is InChI=1S/C35H44O13Si/c1-17(2)49(18(3)4,19(5)6)48-24-12-13-25-27-15-23(11-14-26(27)33(39)46-28(25)16-24)45-35-32(44-22(9)38)30(43-21(8)37)29(42-20(7)36)31(47-35)34(40)41-10/h11-19,29-32,35H,1-10H3/t29-,30-,31+,32+,35+/m1/s1. The summed E-state index contributed by atoms with van der Waals surface area (Å²) in [7, 11) is -1.21. The van der Waals surface area contributed by atoms with Gasteiger partial charge in [0, 0.05) is 37.6 Å². The Morgan fingerprint density at radius 1 is 0.694 bits per heavy atom. The first-order valence-electron chi connectivity index (χ1n) is 16.1. The Bertz CT molecular complexity index is 1760. The van der Waals surface area contributed by atoms with E-state index in [4.69, 9.17) is 37.3 Å². The average Bonchev–Trinajstić information content (AvgIpc) is 3.00. The third-order valence-corrected chi connectivity index (χ3v) is 14.7. The monoisotopic (exact) mass is 700 g/mol. The van der Waals surface area contributed by atoms with Gasteiger partial charge in [-0.3, -0.25) is 14.4 Å². The lowest BCUT2D eigenvalue weighted by atomic mass is 9.97. The van der Waals surface area contributed by atoms with Gasteiger partial charge >= 0.3 is 29.5 Å². The van der Waals surface area contributed by atoms with E-state index >= 15 is 0 Å². The molecule has 1 aromatic heterocycles. The minimum Gasteiger partial charge on any atom is -0.543 e. The molecule has 0 amide bonds. The Balaban J connectivity index is 1.79. The van der Waals surface area contributed by atoms with Crippen LogP contribution >= 0.6 is 0 Å². The number of ether oxygens (including phenoxy) is 6. The van der Waals surface area contributed by atoms with Crippen LogP contribution in [-0.4, -0.2) is 70.0 Å². The minimum absolute atomic E-state index is 0.142. The number of hydrogen-bond acceptors (Lipinski definition) is 13. The molecule has 3 aromatic rings. The number of fused-ring (bicyclic) bond motifs is 3. The van der Waals surface area contributed by atoms with Gasteiger partial charge in [0.1, 0.15) is 17.1 Å². The van der Waals surface area contributed by atoms with Crippen molar-refractivity contribution in [3.8, 4) is 11.5 Å². The fraction of sp³-hybridized carbons (Fsp3) is 0.514. The van der Waals surface area contributed by atoms with Crippen LogP contribution < -0.4 is 14.8 Å². The van der Waals surface area contributed by atoms with E-state index < -0.39 is 68.5 Å². The Kier molecular flexibility index (Phi) is 11.4. The van der Waals surface area contributed by atoms with Gasteiger partial charge in [0.2, 0.25) is 12.4 Å². The van der Waals surface area contributed by atoms with E-state index in [0.717, 1.165) is 27.9 Å². The van der Waals surface area contributed by atoms with Crippen molar-refractivity contribution in [1.29, 1.82) is 0 Å². The molecule has 1 aliphatic rings. The fourth-order valence-corrected chi connectivity index (χ4v) is 12.1. The third kappa shape index (κ3) is 7.75. The van der Waals surface area contributed by atoms with Crippen molar-refractivity contribution < 1.29 is 56.4 Å². The molecule has 0 unspecified atom stereocenters. The molecule has 0 spiro atoms. The van der Waals surface area contributed by atoms with E-state index in [9.17, 15) is 24.0 Å². The van der Waals surface area contributed by atoms with Crippen molar-refractivity contribution in [3.63, 3.8) is 0 Å². The van der Waals surface area contributed by atoms with E-state index in [1.54, 1.807) is 12.1 Å². The van der Waals surface area contributed by atoms with Crippen molar-refractivity contribution in [2.24, 2.45) is 0 Å². The lowest BCUT2D eigenvalue weighted by molar-refractivity contribution is -0.282. The van der Waals surface area contributed by atoms with Crippen LogP contribution in [0.3, 0.4) is 0 Å². The molecule has 1 saturated heterocycles. The summed E-state index contributed by atoms with van der Waals surface area (Å²) in [5.74, 6) is -2.64. The van der Waals surface area contributed by atoms with E-state index in [1.165, 1.54) is 12.1 Å². The zero-order valence-electron chi connectivity index (χ0n) is 29.4. The molecule has 0 bridgehead atoms. The second kappa shape index (κ2) is 15.0. The lowest BCUT2D eigenvalue weighted by Gasteiger charge is -2.43. The quantitative estimate of drug-likeness (QED) is 0.0803. The smallest absolute Gasteiger partial charge is 0.344 e. The number of methoxy groups -OCH3 is 1. The maximum absolute atomic E-state index is 13.1. The SMILES string of the molecule is COC(=O)[C@H]1O[C@H](Oc2ccc3c(=O)oc4cc(O[Si](C(C)C)(C(C)C)C(C)C)ccc4c3c2)[C@@H](OC(C)=O)[C@H](OC(C)=O)[C@H]1OC(C)=O. The topological polar surface area (TPSA) is 163 Å². The summed E-state index contributed by atoms with van der Waals surface area (Å²) in [6, 6.07) is 9.93. The van der Waals surface area contributed by atoms with Crippen molar-refractivity contribution in [2.75, 3.05) is 7.11 Å². The van der Waals surface area contributed by atoms with Crippen LogP contribution in [0, 0.1) is 0 Å². The van der Waals surface area contributed by atoms with Crippen LogP contribution in [0.25, 0.3) is 21.7 Å². The second-order valence-electron chi connectivity index (χ2n) is 13.0. The van der Waals surface area contributed by atoms with Crippen LogP contribution in [0.1, 0.15) is 62.3 Å². The number of rotatable bonds is 11. The van der Waals surface area contributed by atoms with Gasteiger partial charge < -0.3 is 37.3 Å². The maximum atomic E-state index is 13.1. The molecule has 5 atom stereocenters. The molecular weight excluding hydrogens is 656 g/mol. The third-order valence-electron chi connectivity index (χ3n) is 8.75. The highest BCUT2D eigenvalue weighted by Crippen LogP contribution is 2.43. The summed E-state index contributed by atoms with van der Waals surface area (Å²) >= 11 is 0. The summed E-state index contributed by atoms with van der Waals surface area (Å²) in [5, 5.41) is 1.35. The molecule has 266 valence electrons. The van der Waals surface area contributed by atoms with Crippen LogP contribution in [0.5, 0.6) is 11.5 Å². The molecular formula is C35H44O13Si. The van der Waals surface area contributed by atoms with Gasteiger partial charge in [-0.05, 0) is 47.0 Å². The average molecular weight is 701 g/mol. The zero-order valence-corrected chi connectivity index (χ0v) is 30.4. The van der Waals surface area contributed by atoms with Gasteiger partial charge in [0.05, 0.1) is 12.5 Å². The number of benzene rings is 2. The maximum Gasteiger partial charge on any atom is 0.344 e. The van der Waals surface area contributed by atoms with Gasteiger partial charge in [-0.2, -0.15) is 0 Å². The summed E-state index contributed by atoms with van der Waals surface area (Å²) in [6.07, 6.45) is -7.73. The molecule has 0 radical (unpaired) electrons.